The van der Waals surface area contributed by atoms with E-state index in [-0.39, 0.29) is 37.7 Å². The minimum atomic E-state index is -4.66. The van der Waals surface area contributed by atoms with Gasteiger partial charge in [0, 0.05) is 5.56 Å². The molecular weight excluding hydrogens is 536 g/mol. The number of nitrogens with zero attached hydrogens (tertiary/aromatic N) is 3. The molecule has 0 saturated heterocycles. The van der Waals surface area contributed by atoms with Crippen LogP contribution in [0.4, 0.5) is 13.2 Å². The quantitative estimate of drug-likeness (QED) is 0.334. The maximum absolute atomic E-state index is 13.3. The summed E-state index contributed by atoms with van der Waals surface area (Å²) in [5, 5.41) is 12.8. The van der Waals surface area contributed by atoms with Crippen LogP contribution in [0.2, 0.25) is 5.32 Å². The number of rotatable bonds is 8. The topological polar surface area (TPSA) is 105 Å². The Morgan fingerprint density at radius 3 is 2.38 bits per heavy atom. The number of nitrogens with one attached hydrogen (secondary N) is 1. The summed E-state index contributed by atoms with van der Waals surface area (Å²) in [5.41, 5.74) is 0.777. The van der Waals surface area contributed by atoms with Crippen LogP contribution in [0.15, 0.2) is 59.5 Å². The van der Waals surface area contributed by atoms with Gasteiger partial charge in [0.25, 0.3) is 0 Å². The largest absolute Gasteiger partial charge is 0.0587 e. The van der Waals surface area contributed by atoms with Crippen LogP contribution < -0.4 is 4.72 Å². The van der Waals surface area contributed by atoms with Gasteiger partial charge in [-0.25, -0.2) is 0 Å². The second-order valence-electron chi connectivity index (χ2n) is 7.26. The number of nitriles is 1. The fourth-order valence-electron chi connectivity index (χ4n) is 3.02. The average Bonchev–Trinajstić information content (AvgIpc) is 3.23. The minimum absolute atomic E-state index is 0.0336. The van der Waals surface area contributed by atoms with Crippen LogP contribution in [0, 0.1) is 17.2 Å². The van der Waals surface area contributed by atoms with Crippen LogP contribution in [0.3, 0.4) is 0 Å². The summed E-state index contributed by atoms with van der Waals surface area (Å²) in [7, 11) is -4.16. The van der Waals surface area contributed by atoms with E-state index < -0.39 is 27.8 Å². The molecule has 3 rings (SSSR count). The number of carbonyl (C=O) groups is 1. The third kappa shape index (κ3) is 6.26. The van der Waals surface area contributed by atoms with Gasteiger partial charge < -0.3 is 0 Å². The van der Waals surface area contributed by atoms with Gasteiger partial charge in [-0.3, -0.25) is 0 Å². The summed E-state index contributed by atoms with van der Waals surface area (Å²) in [6, 6.07) is 12.8. The van der Waals surface area contributed by atoms with E-state index >= 15 is 0 Å². The molecule has 0 aliphatic carbocycles. The molecule has 34 heavy (non-hydrogen) atoms. The van der Waals surface area contributed by atoms with Crippen LogP contribution in [0.25, 0.3) is 16.9 Å². The first-order valence-corrected chi connectivity index (χ1v) is 13.5. The minimum Gasteiger partial charge on any atom is -0.0587 e. The van der Waals surface area contributed by atoms with Crippen molar-refractivity contribution >= 4 is 30.9 Å². The molecule has 0 atom stereocenters. The monoisotopic (exact) mass is 556 g/mol. The Morgan fingerprint density at radius 1 is 1.15 bits per heavy atom. The van der Waals surface area contributed by atoms with Gasteiger partial charge in [-0.05, 0) is 13.0 Å². The summed E-state index contributed by atoms with van der Waals surface area (Å²) in [5.74, 6) is -0.693. The van der Waals surface area contributed by atoms with Crippen molar-refractivity contribution in [3.8, 4) is 21.9 Å². The van der Waals surface area contributed by atoms with Crippen LogP contribution in [0.1, 0.15) is 24.1 Å². The van der Waals surface area contributed by atoms with E-state index in [0.29, 0.717) is 17.3 Å². The van der Waals surface area contributed by atoms with E-state index in [9.17, 15) is 26.4 Å². The Bertz CT molecular complexity index is 1310. The molecule has 1 N–H and O–H groups in total. The van der Waals surface area contributed by atoms with Crippen LogP contribution in [-0.2, 0) is 21.0 Å². The standard InChI is InChI=1S/C22H19F3N4O3SSe/c1-15-4-6-16(7-5-15)19-13-20(22(23,24)25)27-29(19)17-8-10-18(11-9-17)33(31,32)28-21(30)3-2-12-34-14-26/h4-11,13H,2-3,12H2,1H3,(H,28,30). The average molecular weight is 555 g/mol. The Morgan fingerprint density at radius 2 is 1.79 bits per heavy atom. The van der Waals surface area contributed by atoms with E-state index in [1.807, 2.05) is 16.6 Å². The Kier molecular flexibility index (Phi) is 7.82. The van der Waals surface area contributed by atoms with E-state index in [0.717, 1.165) is 16.3 Å². The van der Waals surface area contributed by atoms with Gasteiger partial charge in [0.15, 0.2) is 5.69 Å². The van der Waals surface area contributed by atoms with E-state index in [1.54, 1.807) is 24.3 Å². The molecule has 2 aromatic carbocycles. The third-order valence-electron chi connectivity index (χ3n) is 4.70. The summed E-state index contributed by atoms with van der Waals surface area (Å²) in [6.45, 7) is 1.85. The van der Waals surface area contributed by atoms with E-state index in [4.69, 9.17) is 5.26 Å². The van der Waals surface area contributed by atoms with Crippen molar-refractivity contribution in [1.82, 2.24) is 14.5 Å². The molecule has 0 unspecified atom stereocenters. The molecule has 1 aromatic heterocycles. The summed E-state index contributed by atoms with van der Waals surface area (Å²) >= 11 is -0.245. The van der Waals surface area contributed by atoms with Gasteiger partial charge >= 0.3 is 134 Å². The van der Waals surface area contributed by atoms with Crippen molar-refractivity contribution in [2.45, 2.75) is 36.2 Å². The maximum Gasteiger partial charge on any atom is -0.0526 e. The number of carbonyl (C=O) groups excluding carboxylic acids is 1. The number of hydrogen-bond acceptors (Lipinski definition) is 5. The smallest absolute Gasteiger partial charge is 0.0526 e. The molecule has 0 saturated carbocycles. The fraction of sp³-hybridized carbons (Fsp3) is 0.227. The predicted octanol–water partition coefficient (Wildman–Crippen LogP) is 4.06. The van der Waals surface area contributed by atoms with Crippen LogP contribution in [-0.4, -0.2) is 39.1 Å². The Balaban J connectivity index is 1.88. The second-order valence-corrected chi connectivity index (χ2v) is 10.8. The molecule has 0 aliphatic rings. The number of hydrogen-bond donors (Lipinski definition) is 1. The number of benzene rings is 2. The zero-order chi connectivity index (χ0) is 24.9. The number of amides is 1. The molecule has 0 fully saturated rings. The van der Waals surface area contributed by atoms with Crippen molar-refractivity contribution in [1.29, 1.82) is 5.26 Å². The summed E-state index contributed by atoms with van der Waals surface area (Å²) < 4.78 is 68.0. The summed E-state index contributed by atoms with van der Waals surface area (Å²) in [4.78, 5) is 13.7. The van der Waals surface area contributed by atoms with Crippen LogP contribution in [0.5, 0.6) is 0 Å². The SMILES string of the molecule is Cc1ccc(-c2cc(C(F)(F)F)nn2-c2ccc(S(=O)(=O)NC(=O)CCC[Se]C#N)cc2)cc1. The predicted molar refractivity (Wildman–Crippen MR) is 119 cm³/mol. The molecule has 178 valence electrons. The van der Waals surface area contributed by atoms with Gasteiger partial charge in [0.2, 0.25) is 0 Å². The van der Waals surface area contributed by atoms with Gasteiger partial charge in [0.05, 0.1) is 0 Å². The molecule has 3 aromatic rings. The first kappa shape index (κ1) is 25.5. The Hall–Kier alpha value is -3.13. The van der Waals surface area contributed by atoms with E-state index in [2.05, 4.69) is 5.10 Å². The number of aryl methyl sites for hydroxylation is 1. The molecule has 12 heteroatoms. The number of halogens is 3. The number of sulfonamides is 1. The Labute approximate surface area is 200 Å². The normalized spacial score (nSPS) is 11.7. The van der Waals surface area contributed by atoms with Gasteiger partial charge in [0.1, 0.15) is 0 Å². The number of alkyl halides is 3. The maximum atomic E-state index is 13.3. The summed E-state index contributed by atoms with van der Waals surface area (Å²) in [6.07, 6.45) is -4.29. The molecule has 0 radical (unpaired) electrons. The second kappa shape index (κ2) is 10.4. The fourth-order valence-corrected chi connectivity index (χ4v) is 4.83. The molecule has 7 nitrogen and oxygen atoms in total. The van der Waals surface area contributed by atoms with Gasteiger partial charge in [-0.2, -0.15) is 13.2 Å². The molecule has 1 amide bonds. The van der Waals surface area contributed by atoms with E-state index in [1.165, 1.54) is 24.3 Å². The van der Waals surface area contributed by atoms with Crippen molar-refractivity contribution < 1.29 is 26.4 Å². The van der Waals surface area contributed by atoms with Gasteiger partial charge in [-0.1, -0.05) is 29.8 Å². The zero-order valence-corrected chi connectivity index (χ0v) is 20.4. The van der Waals surface area contributed by atoms with Crippen molar-refractivity contribution in [3.05, 3.63) is 65.9 Å². The molecular formula is C22H19F3N4O3SSe. The number of aromatic nitrogens is 2. The first-order chi connectivity index (χ1) is 16.0. The van der Waals surface area contributed by atoms with Crippen molar-refractivity contribution in [2.75, 3.05) is 0 Å². The van der Waals surface area contributed by atoms with Crippen molar-refractivity contribution in [2.24, 2.45) is 0 Å². The van der Waals surface area contributed by atoms with Crippen LogP contribution >= 0.6 is 0 Å². The van der Waals surface area contributed by atoms with Gasteiger partial charge in [-0.15, -0.1) is 0 Å². The zero-order valence-electron chi connectivity index (χ0n) is 17.8. The third-order valence-corrected chi connectivity index (χ3v) is 7.40. The molecule has 0 aliphatic heterocycles. The molecule has 1 heterocycles. The molecule has 0 bridgehead atoms. The first-order valence-electron chi connectivity index (χ1n) is 9.92. The van der Waals surface area contributed by atoms with Crippen molar-refractivity contribution in [3.63, 3.8) is 0 Å². The molecule has 0 spiro atoms.